The molecule has 0 bridgehead atoms. The molecule has 3 aliphatic carbocycles. The van der Waals surface area contributed by atoms with Crippen molar-refractivity contribution in [2.75, 3.05) is 36.0 Å². The van der Waals surface area contributed by atoms with E-state index in [0.29, 0.717) is 33.9 Å². The summed E-state index contributed by atoms with van der Waals surface area (Å²) in [6.07, 6.45) is 0. The zero-order valence-corrected chi connectivity index (χ0v) is 76.2. The molecule has 0 spiro atoms. The van der Waals surface area contributed by atoms with Gasteiger partial charge < -0.3 is 43.1 Å². The minimum Gasteiger partial charge on any atom is -0.497 e. The molecule has 12 nitrogen and oxygen atoms in total. The molecule has 12 heteroatoms. The Balaban J connectivity index is 0.596. The fraction of sp³-hybridized carbons (Fsp3) is 0.132. The molecule has 18 aromatic carbocycles. The molecule has 0 atom stereocenters. The number of nitrogens with zero attached hydrogens (tertiary/aromatic N) is 3. The largest absolute Gasteiger partial charge is 0.497 e. The van der Waals surface area contributed by atoms with Gasteiger partial charge in [0.15, 0.2) is 0 Å². The molecular formula is C121H97N3O9. The number of rotatable bonds is 21. The Morgan fingerprint density at radius 1 is 0.233 bits per heavy atom. The van der Waals surface area contributed by atoms with Gasteiger partial charge in [-0.05, 0) is 319 Å². The van der Waals surface area contributed by atoms with E-state index in [0.717, 1.165) is 134 Å². The Labute approximate surface area is 775 Å². The van der Waals surface area contributed by atoms with Crippen LogP contribution in [0, 0.1) is 20.8 Å². The van der Waals surface area contributed by atoms with Gasteiger partial charge in [0, 0.05) is 72.4 Å². The number of ether oxygens (including phenoxy) is 6. The first kappa shape index (κ1) is 83.8. The first-order chi connectivity index (χ1) is 64.5. The van der Waals surface area contributed by atoms with E-state index in [1.807, 2.05) is 146 Å². The number of hydrogen-bond donors (Lipinski definition) is 0. The van der Waals surface area contributed by atoms with E-state index in [1.165, 1.54) is 66.8 Å². The van der Waals surface area contributed by atoms with Gasteiger partial charge in [-0.15, -0.1) is 0 Å². The lowest BCUT2D eigenvalue weighted by Gasteiger charge is -2.29. The summed E-state index contributed by atoms with van der Waals surface area (Å²) in [5, 5.41) is 6.59. The van der Waals surface area contributed by atoms with Crippen molar-refractivity contribution < 1.29 is 42.8 Å². The lowest BCUT2D eigenvalue weighted by atomic mass is 9.82. The number of aryl methyl sites for hydroxylation is 3. The highest BCUT2D eigenvalue weighted by Crippen LogP contribution is 2.57. The van der Waals surface area contributed by atoms with Crippen molar-refractivity contribution >= 4 is 101 Å². The highest BCUT2D eigenvalue weighted by molar-refractivity contribution is 6.06. The number of hydrogen-bond acceptors (Lipinski definition) is 12. The molecule has 3 aliphatic rings. The number of fused-ring (bicyclic) bond motifs is 12. The average molecular weight is 1740 g/mol. The lowest BCUT2D eigenvalue weighted by Crippen LogP contribution is -2.17. The molecule has 0 saturated heterocycles. The summed E-state index contributed by atoms with van der Waals surface area (Å²) < 4.78 is 36.3. The van der Waals surface area contributed by atoms with E-state index in [1.54, 1.807) is 39.5 Å². The number of methoxy groups -OCH3 is 3. The summed E-state index contributed by atoms with van der Waals surface area (Å²) in [6.45, 7) is 20.0. The van der Waals surface area contributed by atoms with Gasteiger partial charge in [-0.3, -0.25) is 0 Å². The summed E-state index contributed by atoms with van der Waals surface area (Å²) in [5.41, 5.74) is 28.3. The molecule has 18 aromatic rings. The maximum Gasteiger partial charge on any atom is 0.343 e. The van der Waals surface area contributed by atoms with Crippen molar-refractivity contribution in [3.8, 4) is 67.9 Å². The van der Waals surface area contributed by atoms with Gasteiger partial charge in [0.25, 0.3) is 0 Å². The highest BCUT2D eigenvalue weighted by atomic mass is 16.5. The number of benzene rings is 18. The van der Waals surface area contributed by atoms with Crippen LogP contribution in [0.1, 0.15) is 145 Å². The summed E-state index contributed by atoms with van der Waals surface area (Å²) in [4.78, 5) is 51.4. The van der Waals surface area contributed by atoms with Crippen LogP contribution in [0.25, 0.3) is 65.7 Å². The van der Waals surface area contributed by atoms with Crippen LogP contribution in [-0.4, -0.2) is 39.2 Å². The molecule has 0 N–H and O–H groups in total. The van der Waals surface area contributed by atoms with Gasteiger partial charge in [-0.1, -0.05) is 224 Å². The molecule has 0 radical (unpaired) electrons. The quantitative estimate of drug-likeness (QED) is 0.0387. The van der Waals surface area contributed by atoms with Crippen LogP contribution in [0.4, 0.5) is 51.2 Å². The third-order valence-corrected chi connectivity index (χ3v) is 27.7. The van der Waals surface area contributed by atoms with Gasteiger partial charge in [-0.25, -0.2) is 14.4 Å². The molecule has 21 rings (SSSR count). The molecular weight excluding hydrogens is 1640 g/mol. The standard InChI is InChI=1S/C121H97N3O9/c1-73-34-61-112(103-31-16-13-28-94(73)103)122(85-43-55-97-100-58-52-91(128-10)70-109(100)119(4,5)106(97)67-85)82-25-19-22-79(64-82)116(125)131-88-46-37-76(38-47-88)115(77-39-48-89(49-40-77)132-117(126)80-23-20-26-83(65-80)123(113-62-35-74(2)95-29-14-17-32-104(95)113)86-44-56-98-101-59-53-92(129-11)71-110(101)120(6,7)107(98)68-86)78-41-50-90(51-42-78)133-118(127)81-24-21-27-84(66-81)124(114-63-36-75(3)96-30-15-18-33-105(96)114)87-45-57-99-102-60-54-93(130-12)72-111(102)121(8,9)108(99)69-87/h13-72,115H,1-12H3. The number of carbonyl (C=O) groups is 3. The SMILES string of the molecule is COc1ccc2c(c1)C(C)(C)c1cc(N(c3cccc(C(=O)Oc4ccc(C(c5ccc(OC(=O)c6cccc(N(c7ccc8c(c7)C(C)(C)c7cc(OC)ccc7-8)c7ccc(C)c8ccccc78)c6)cc5)c5ccc(OC(=O)c6cccc(N(c7ccc8c(c7)C(C)(C)c7cc(OC)ccc7-8)c7ccc(C)c8ccccc78)c6)cc5)cc4)c3)c3ccc(C)c4ccccc34)ccc1-2. The maximum absolute atomic E-state index is 14.9. The second-order valence-corrected chi connectivity index (χ2v) is 36.6. The highest BCUT2D eigenvalue weighted by Gasteiger charge is 2.41. The van der Waals surface area contributed by atoms with Crippen LogP contribution < -0.4 is 43.1 Å². The number of esters is 3. The fourth-order valence-corrected chi connectivity index (χ4v) is 20.7. The molecule has 0 saturated carbocycles. The Kier molecular flexibility index (Phi) is 20.9. The fourth-order valence-electron chi connectivity index (χ4n) is 20.7. The van der Waals surface area contributed by atoms with Crippen molar-refractivity contribution in [1.82, 2.24) is 0 Å². The molecule has 0 unspecified atom stereocenters. The van der Waals surface area contributed by atoms with Crippen molar-refractivity contribution in [2.24, 2.45) is 0 Å². The number of carbonyl (C=O) groups excluding carboxylic acids is 3. The smallest absolute Gasteiger partial charge is 0.343 e. The molecule has 650 valence electrons. The first-order valence-corrected chi connectivity index (χ1v) is 45.1. The van der Waals surface area contributed by atoms with Gasteiger partial charge in [0.2, 0.25) is 0 Å². The summed E-state index contributed by atoms with van der Waals surface area (Å²) >= 11 is 0. The molecule has 0 aromatic heterocycles. The zero-order valence-electron chi connectivity index (χ0n) is 76.2. The normalized spacial score (nSPS) is 13.2. The molecule has 0 heterocycles. The van der Waals surface area contributed by atoms with Crippen molar-refractivity contribution in [3.63, 3.8) is 0 Å². The van der Waals surface area contributed by atoms with Gasteiger partial charge >= 0.3 is 17.9 Å². The zero-order chi connectivity index (χ0) is 91.5. The minimum absolute atomic E-state index is 0.340. The topological polar surface area (TPSA) is 116 Å². The van der Waals surface area contributed by atoms with Crippen molar-refractivity contribution in [1.29, 1.82) is 0 Å². The summed E-state index contributed by atoms with van der Waals surface area (Å²) in [6, 6.07) is 123. The predicted octanol–water partition coefficient (Wildman–Crippen LogP) is 30.3. The minimum atomic E-state index is -0.531. The molecule has 0 fully saturated rings. The van der Waals surface area contributed by atoms with Crippen LogP contribution in [0.15, 0.2) is 364 Å². The third kappa shape index (κ3) is 14.7. The van der Waals surface area contributed by atoms with Crippen molar-refractivity contribution in [3.05, 3.63) is 447 Å². The second-order valence-electron chi connectivity index (χ2n) is 36.6. The molecule has 0 amide bonds. The van der Waals surface area contributed by atoms with Crippen LogP contribution >= 0.6 is 0 Å². The van der Waals surface area contributed by atoms with Gasteiger partial charge in [0.1, 0.15) is 34.5 Å². The Morgan fingerprint density at radius 3 is 0.729 bits per heavy atom. The monoisotopic (exact) mass is 1740 g/mol. The lowest BCUT2D eigenvalue weighted by molar-refractivity contribution is 0.0725. The van der Waals surface area contributed by atoms with E-state index in [4.69, 9.17) is 28.4 Å². The van der Waals surface area contributed by atoms with Crippen LogP contribution in [0.3, 0.4) is 0 Å². The maximum atomic E-state index is 14.9. The van der Waals surface area contributed by atoms with Crippen LogP contribution in [-0.2, 0) is 16.2 Å². The van der Waals surface area contributed by atoms with Crippen LogP contribution in [0.5, 0.6) is 34.5 Å². The number of anilines is 9. The van der Waals surface area contributed by atoms with E-state index in [-0.39, 0.29) is 16.2 Å². The average Bonchev–Trinajstić information content (AvgIpc) is 1.58. The third-order valence-electron chi connectivity index (χ3n) is 27.7. The van der Waals surface area contributed by atoms with E-state index in [9.17, 15) is 14.4 Å². The first-order valence-electron chi connectivity index (χ1n) is 45.1. The summed E-state index contributed by atoms with van der Waals surface area (Å²) in [7, 11) is 5.12. The Bertz CT molecular complexity index is 7050. The van der Waals surface area contributed by atoms with Crippen molar-refractivity contribution in [2.45, 2.75) is 84.5 Å². The second kappa shape index (κ2) is 33.2. The summed E-state index contributed by atoms with van der Waals surface area (Å²) in [5.74, 6) is 1.41. The molecule has 0 aliphatic heterocycles. The van der Waals surface area contributed by atoms with Gasteiger partial charge in [0.05, 0.1) is 55.1 Å². The molecule has 133 heavy (non-hydrogen) atoms. The van der Waals surface area contributed by atoms with E-state index >= 15 is 0 Å². The van der Waals surface area contributed by atoms with Crippen LogP contribution in [0.2, 0.25) is 0 Å². The van der Waals surface area contributed by atoms with Gasteiger partial charge in [-0.2, -0.15) is 0 Å². The van der Waals surface area contributed by atoms with E-state index in [2.05, 4.69) is 277 Å². The predicted molar refractivity (Wildman–Crippen MR) is 538 cm³/mol. The Morgan fingerprint density at radius 2 is 0.466 bits per heavy atom. The Hall–Kier alpha value is -16.1. The van der Waals surface area contributed by atoms with E-state index < -0.39 is 23.8 Å².